The molecule has 1 aromatic rings. The molecule has 3 atom stereocenters. The van der Waals surface area contributed by atoms with Crippen LogP contribution in [0.4, 0.5) is 0 Å². The molecule has 0 spiro atoms. The highest BCUT2D eigenvalue weighted by Crippen LogP contribution is 2.33. The van der Waals surface area contributed by atoms with E-state index < -0.39 is 0 Å². The number of carbonyl (C=O) groups is 1. The van der Waals surface area contributed by atoms with Gasteiger partial charge in [-0.05, 0) is 43.4 Å². The lowest BCUT2D eigenvalue weighted by Crippen LogP contribution is -2.38. The smallest absolute Gasteiger partial charge is 0.224 e. The van der Waals surface area contributed by atoms with Gasteiger partial charge in [-0.15, -0.1) is 0 Å². The van der Waals surface area contributed by atoms with E-state index in [-0.39, 0.29) is 11.8 Å². The lowest BCUT2D eigenvalue weighted by atomic mass is 9.88. The van der Waals surface area contributed by atoms with Gasteiger partial charge >= 0.3 is 0 Å². The Morgan fingerprint density at radius 2 is 2.20 bits per heavy atom. The Bertz CT molecular complexity index is 521. The number of nitrogens with one attached hydrogen (secondary N) is 2. The Morgan fingerprint density at radius 1 is 1.35 bits per heavy atom. The van der Waals surface area contributed by atoms with Gasteiger partial charge in [-0.3, -0.25) is 4.79 Å². The molecule has 20 heavy (non-hydrogen) atoms. The standard InChI is InChI=1S/C15H18Cl2N2O/c16-10-2-1-9(13(17)7-10)5-6-18-15(20)12-8-11-3-4-14(12)19-11/h1-2,7,11-12,14,19H,3-6,8H2,(H,18,20). The van der Waals surface area contributed by atoms with Crippen LogP contribution in [0.1, 0.15) is 24.8 Å². The second kappa shape index (κ2) is 5.92. The van der Waals surface area contributed by atoms with Crippen LogP contribution in [0.2, 0.25) is 10.0 Å². The normalized spacial score (nSPS) is 27.8. The van der Waals surface area contributed by atoms with Gasteiger partial charge in [-0.1, -0.05) is 29.3 Å². The first kappa shape index (κ1) is 14.2. The lowest BCUT2D eigenvalue weighted by Gasteiger charge is -2.19. The fourth-order valence-electron chi connectivity index (χ4n) is 3.29. The highest BCUT2D eigenvalue weighted by atomic mass is 35.5. The van der Waals surface area contributed by atoms with Crippen molar-refractivity contribution in [3.63, 3.8) is 0 Å². The Kier molecular flexibility index (Phi) is 4.20. The van der Waals surface area contributed by atoms with Gasteiger partial charge in [0, 0.05) is 28.7 Å². The second-order valence-corrected chi connectivity index (χ2v) is 6.51. The summed E-state index contributed by atoms with van der Waals surface area (Å²) < 4.78 is 0. The zero-order valence-electron chi connectivity index (χ0n) is 11.2. The van der Waals surface area contributed by atoms with E-state index in [9.17, 15) is 4.79 Å². The van der Waals surface area contributed by atoms with Crippen LogP contribution in [0.25, 0.3) is 0 Å². The van der Waals surface area contributed by atoms with Crippen LogP contribution in [-0.4, -0.2) is 24.5 Å². The number of benzene rings is 1. The monoisotopic (exact) mass is 312 g/mol. The van der Waals surface area contributed by atoms with E-state index in [1.54, 1.807) is 6.07 Å². The van der Waals surface area contributed by atoms with Gasteiger partial charge in [0.2, 0.25) is 5.91 Å². The van der Waals surface area contributed by atoms with E-state index >= 15 is 0 Å². The van der Waals surface area contributed by atoms with E-state index in [1.165, 1.54) is 6.42 Å². The first-order valence-electron chi connectivity index (χ1n) is 7.11. The van der Waals surface area contributed by atoms with Crippen LogP contribution in [0.5, 0.6) is 0 Å². The summed E-state index contributed by atoms with van der Waals surface area (Å²) in [6, 6.07) is 6.42. The van der Waals surface area contributed by atoms with E-state index in [4.69, 9.17) is 23.2 Å². The second-order valence-electron chi connectivity index (χ2n) is 5.67. The van der Waals surface area contributed by atoms with Crippen LogP contribution < -0.4 is 10.6 Å². The molecule has 0 aromatic heterocycles. The average molecular weight is 313 g/mol. The van der Waals surface area contributed by atoms with Crippen molar-refractivity contribution in [2.45, 2.75) is 37.8 Å². The summed E-state index contributed by atoms with van der Waals surface area (Å²) in [6.07, 6.45) is 4.06. The van der Waals surface area contributed by atoms with Gasteiger partial charge in [0.25, 0.3) is 0 Å². The number of rotatable bonds is 4. The number of hydrogen-bond acceptors (Lipinski definition) is 2. The van der Waals surface area contributed by atoms with Crippen molar-refractivity contribution in [3.05, 3.63) is 33.8 Å². The zero-order chi connectivity index (χ0) is 14.1. The fraction of sp³-hybridized carbons (Fsp3) is 0.533. The van der Waals surface area contributed by atoms with Crippen molar-refractivity contribution in [2.75, 3.05) is 6.54 Å². The Balaban J connectivity index is 1.49. The minimum atomic E-state index is 0.148. The molecular weight excluding hydrogens is 295 g/mol. The minimum Gasteiger partial charge on any atom is -0.355 e. The van der Waals surface area contributed by atoms with Gasteiger partial charge in [0.05, 0.1) is 5.92 Å². The molecule has 0 aliphatic carbocycles. The number of fused-ring (bicyclic) bond motifs is 2. The Labute approximate surface area is 129 Å². The summed E-state index contributed by atoms with van der Waals surface area (Å²) in [4.78, 5) is 12.2. The summed E-state index contributed by atoms with van der Waals surface area (Å²) in [7, 11) is 0. The SMILES string of the molecule is O=C(NCCc1ccc(Cl)cc1Cl)C1CC2CCC1N2. The maximum atomic E-state index is 12.2. The summed E-state index contributed by atoms with van der Waals surface area (Å²) in [5.74, 6) is 0.323. The minimum absolute atomic E-state index is 0.148. The predicted octanol–water partition coefficient (Wildman–Crippen LogP) is 2.79. The predicted molar refractivity (Wildman–Crippen MR) is 81.2 cm³/mol. The van der Waals surface area contributed by atoms with Crippen molar-refractivity contribution in [1.29, 1.82) is 0 Å². The molecule has 0 radical (unpaired) electrons. The van der Waals surface area contributed by atoms with Gasteiger partial charge < -0.3 is 10.6 Å². The third-order valence-corrected chi connectivity index (χ3v) is 4.93. The van der Waals surface area contributed by atoms with E-state index in [0.717, 1.165) is 24.8 Å². The number of carbonyl (C=O) groups excluding carboxylic acids is 1. The van der Waals surface area contributed by atoms with Crippen LogP contribution >= 0.6 is 23.2 Å². The van der Waals surface area contributed by atoms with Crippen LogP contribution in [-0.2, 0) is 11.2 Å². The molecule has 1 aromatic carbocycles. The summed E-state index contributed by atoms with van der Waals surface area (Å²) in [6.45, 7) is 0.619. The molecule has 2 heterocycles. The third kappa shape index (κ3) is 2.95. The molecule has 5 heteroatoms. The summed E-state index contributed by atoms with van der Waals surface area (Å²) in [5, 5.41) is 7.81. The lowest BCUT2D eigenvalue weighted by molar-refractivity contribution is -0.125. The number of halogens is 2. The van der Waals surface area contributed by atoms with Crippen molar-refractivity contribution >= 4 is 29.1 Å². The molecule has 3 unspecified atom stereocenters. The van der Waals surface area contributed by atoms with Gasteiger partial charge in [-0.2, -0.15) is 0 Å². The molecule has 2 bridgehead atoms. The molecule has 2 aliphatic rings. The zero-order valence-corrected chi connectivity index (χ0v) is 12.7. The molecule has 2 saturated heterocycles. The largest absolute Gasteiger partial charge is 0.355 e. The van der Waals surface area contributed by atoms with Crippen LogP contribution in [0.3, 0.4) is 0 Å². The van der Waals surface area contributed by atoms with Crippen molar-refractivity contribution in [1.82, 2.24) is 10.6 Å². The summed E-state index contributed by atoms with van der Waals surface area (Å²) >= 11 is 12.0. The Hall–Kier alpha value is -0.770. The molecule has 3 nitrogen and oxygen atoms in total. The van der Waals surface area contributed by atoms with E-state index in [0.29, 0.717) is 28.7 Å². The topological polar surface area (TPSA) is 41.1 Å². The highest BCUT2D eigenvalue weighted by Gasteiger charge is 2.42. The maximum absolute atomic E-state index is 12.2. The van der Waals surface area contributed by atoms with Crippen molar-refractivity contribution < 1.29 is 4.79 Å². The molecule has 2 N–H and O–H groups in total. The quantitative estimate of drug-likeness (QED) is 0.897. The average Bonchev–Trinajstić information content (AvgIpc) is 3.03. The van der Waals surface area contributed by atoms with E-state index in [2.05, 4.69) is 10.6 Å². The van der Waals surface area contributed by atoms with Crippen LogP contribution in [0, 0.1) is 5.92 Å². The first-order chi connectivity index (χ1) is 9.63. The molecular formula is C15H18Cl2N2O. The molecule has 1 amide bonds. The molecule has 0 saturated carbocycles. The fourth-order valence-corrected chi connectivity index (χ4v) is 3.79. The van der Waals surface area contributed by atoms with Gasteiger partial charge in [0.15, 0.2) is 0 Å². The summed E-state index contributed by atoms with van der Waals surface area (Å²) in [5.41, 5.74) is 1.02. The van der Waals surface area contributed by atoms with Gasteiger partial charge in [0.1, 0.15) is 0 Å². The third-order valence-electron chi connectivity index (χ3n) is 4.35. The van der Waals surface area contributed by atoms with Crippen molar-refractivity contribution in [2.24, 2.45) is 5.92 Å². The molecule has 2 fully saturated rings. The Morgan fingerprint density at radius 3 is 2.85 bits per heavy atom. The van der Waals surface area contributed by atoms with E-state index in [1.807, 2.05) is 12.1 Å². The van der Waals surface area contributed by atoms with Crippen molar-refractivity contribution in [3.8, 4) is 0 Å². The maximum Gasteiger partial charge on any atom is 0.224 e. The number of hydrogen-bond donors (Lipinski definition) is 2. The molecule has 108 valence electrons. The molecule has 3 rings (SSSR count). The molecule has 2 aliphatic heterocycles. The first-order valence-corrected chi connectivity index (χ1v) is 7.87. The van der Waals surface area contributed by atoms with Crippen LogP contribution in [0.15, 0.2) is 18.2 Å². The highest BCUT2D eigenvalue weighted by molar-refractivity contribution is 6.35. The van der Waals surface area contributed by atoms with Gasteiger partial charge in [-0.25, -0.2) is 0 Å². The number of amides is 1.